The second kappa shape index (κ2) is 10.0. The largest absolute Gasteiger partial charge is 0.486 e. The highest BCUT2D eigenvalue weighted by Gasteiger charge is 2.14. The predicted molar refractivity (Wildman–Crippen MR) is 113 cm³/mol. The lowest BCUT2D eigenvalue weighted by atomic mass is 10.1. The van der Waals surface area contributed by atoms with Gasteiger partial charge in [-0.25, -0.2) is 0 Å². The molecule has 7 heteroatoms. The Morgan fingerprint density at radius 3 is 2.55 bits per heavy atom. The summed E-state index contributed by atoms with van der Waals surface area (Å²) in [6.45, 7) is 6.05. The molecule has 0 unspecified atom stereocenters. The monoisotopic (exact) mass is 414 g/mol. The highest BCUT2D eigenvalue weighted by Crippen LogP contribution is 2.34. The van der Waals surface area contributed by atoms with Gasteiger partial charge in [-0.1, -0.05) is 24.3 Å². The Bertz CT molecular complexity index is 839. The fourth-order valence-electron chi connectivity index (χ4n) is 3.39. The summed E-state index contributed by atoms with van der Waals surface area (Å²) in [5, 5.41) is 3.05. The molecule has 2 aliphatic heterocycles. The average Bonchev–Trinajstić information content (AvgIpc) is 2.77. The first kappa shape index (κ1) is 20.1. The number of benzene rings is 2. The van der Waals surface area contributed by atoms with E-state index in [4.69, 9.17) is 14.2 Å². The van der Waals surface area contributed by atoms with Gasteiger partial charge >= 0.3 is 0 Å². The van der Waals surface area contributed by atoms with E-state index < -0.39 is 0 Å². The zero-order valence-corrected chi connectivity index (χ0v) is 17.2. The molecular weight excluding hydrogens is 388 g/mol. The molecule has 1 amide bonds. The maximum Gasteiger partial charge on any atom is 0.230 e. The van der Waals surface area contributed by atoms with E-state index in [2.05, 4.69) is 28.4 Å². The molecule has 0 saturated carbocycles. The number of hydrogen-bond acceptors (Lipinski definition) is 6. The molecule has 0 radical (unpaired) electrons. The van der Waals surface area contributed by atoms with Crippen LogP contribution in [-0.4, -0.2) is 56.1 Å². The van der Waals surface area contributed by atoms with Crippen LogP contribution in [0.2, 0.25) is 0 Å². The summed E-state index contributed by atoms with van der Waals surface area (Å²) < 4.78 is 16.6. The molecule has 2 aromatic rings. The third kappa shape index (κ3) is 5.65. The Morgan fingerprint density at radius 1 is 0.966 bits per heavy atom. The lowest BCUT2D eigenvalue weighted by Gasteiger charge is -2.27. The van der Waals surface area contributed by atoms with E-state index in [1.807, 2.05) is 24.3 Å². The van der Waals surface area contributed by atoms with Crippen LogP contribution in [0.4, 0.5) is 0 Å². The molecule has 1 N–H and O–H groups in total. The van der Waals surface area contributed by atoms with E-state index >= 15 is 0 Å². The maximum atomic E-state index is 12.4. The van der Waals surface area contributed by atoms with Crippen LogP contribution in [0, 0.1) is 0 Å². The smallest absolute Gasteiger partial charge is 0.230 e. The van der Waals surface area contributed by atoms with Crippen LogP contribution in [0.15, 0.2) is 47.4 Å². The molecule has 0 aromatic heterocycles. The van der Waals surface area contributed by atoms with E-state index in [0.717, 1.165) is 54.8 Å². The van der Waals surface area contributed by atoms with Gasteiger partial charge in [0.1, 0.15) is 13.2 Å². The number of rotatable bonds is 7. The van der Waals surface area contributed by atoms with Crippen molar-refractivity contribution in [3.63, 3.8) is 0 Å². The lowest BCUT2D eigenvalue weighted by molar-refractivity contribution is -0.118. The van der Waals surface area contributed by atoms with Crippen molar-refractivity contribution in [2.45, 2.75) is 18.0 Å². The topological polar surface area (TPSA) is 60.0 Å². The molecule has 2 aromatic carbocycles. The normalized spacial score (nSPS) is 16.4. The van der Waals surface area contributed by atoms with Crippen molar-refractivity contribution in [1.82, 2.24) is 10.2 Å². The second-order valence-corrected chi connectivity index (χ2v) is 8.08. The van der Waals surface area contributed by atoms with Gasteiger partial charge in [0.05, 0.1) is 19.0 Å². The highest BCUT2D eigenvalue weighted by atomic mass is 32.2. The molecule has 1 saturated heterocycles. The van der Waals surface area contributed by atoms with Crippen molar-refractivity contribution in [3.8, 4) is 11.5 Å². The third-order valence-corrected chi connectivity index (χ3v) is 5.97. The first-order valence-corrected chi connectivity index (χ1v) is 10.9. The molecule has 6 nitrogen and oxygen atoms in total. The Hall–Kier alpha value is -2.22. The van der Waals surface area contributed by atoms with E-state index in [1.165, 1.54) is 17.3 Å². The van der Waals surface area contributed by atoms with Gasteiger partial charge in [-0.15, -0.1) is 11.8 Å². The van der Waals surface area contributed by atoms with Gasteiger partial charge < -0.3 is 19.5 Å². The first-order chi connectivity index (χ1) is 14.3. The number of carbonyl (C=O) groups is 1. The van der Waals surface area contributed by atoms with Gasteiger partial charge in [0.2, 0.25) is 5.91 Å². The minimum Gasteiger partial charge on any atom is -0.486 e. The number of thioether (sulfide) groups is 1. The maximum absolute atomic E-state index is 12.4. The van der Waals surface area contributed by atoms with Gasteiger partial charge in [0.25, 0.3) is 0 Å². The zero-order chi connectivity index (χ0) is 19.9. The van der Waals surface area contributed by atoms with E-state index in [1.54, 1.807) is 0 Å². The average molecular weight is 415 g/mol. The van der Waals surface area contributed by atoms with Gasteiger partial charge in [0, 0.05) is 31.1 Å². The Balaban J connectivity index is 1.27. The van der Waals surface area contributed by atoms with Gasteiger partial charge in [-0.05, 0) is 29.3 Å². The molecule has 29 heavy (non-hydrogen) atoms. The number of nitrogens with one attached hydrogen (secondary N) is 1. The number of carbonyl (C=O) groups excluding carboxylic acids is 1. The van der Waals surface area contributed by atoms with E-state index in [0.29, 0.717) is 25.5 Å². The number of morpholine rings is 1. The number of ether oxygens (including phenoxy) is 3. The molecule has 0 bridgehead atoms. The zero-order valence-electron chi connectivity index (χ0n) is 16.4. The molecule has 0 aliphatic carbocycles. The van der Waals surface area contributed by atoms with E-state index in [-0.39, 0.29) is 5.91 Å². The van der Waals surface area contributed by atoms with Crippen molar-refractivity contribution in [1.29, 1.82) is 0 Å². The molecule has 2 heterocycles. The molecule has 0 atom stereocenters. The SMILES string of the molecule is O=C(CSc1ccc2c(c1)OCCO2)NCc1ccccc1CN1CCOCC1. The van der Waals surface area contributed by atoms with Crippen molar-refractivity contribution in [3.05, 3.63) is 53.6 Å². The van der Waals surface area contributed by atoms with Crippen LogP contribution in [0.25, 0.3) is 0 Å². The summed E-state index contributed by atoms with van der Waals surface area (Å²) in [5.74, 6) is 1.90. The quantitative estimate of drug-likeness (QED) is 0.703. The first-order valence-electron chi connectivity index (χ1n) is 9.94. The Kier molecular flexibility index (Phi) is 6.92. The predicted octanol–water partition coefficient (Wildman–Crippen LogP) is 2.70. The summed E-state index contributed by atoms with van der Waals surface area (Å²) in [4.78, 5) is 15.8. The van der Waals surface area contributed by atoms with Crippen LogP contribution in [-0.2, 0) is 22.6 Å². The lowest BCUT2D eigenvalue weighted by Crippen LogP contribution is -2.36. The second-order valence-electron chi connectivity index (χ2n) is 7.03. The summed E-state index contributed by atoms with van der Waals surface area (Å²) in [6.07, 6.45) is 0. The van der Waals surface area contributed by atoms with E-state index in [9.17, 15) is 4.79 Å². The minimum atomic E-state index is 0.0195. The van der Waals surface area contributed by atoms with Crippen molar-refractivity contribution in [2.24, 2.45) is 0 Å². The van der Waals surface area contributed by atoms with Gasteiger partial charge in [-0.2, -0.15) is 0 Å². The molecular formula is C22H26N2O4S. The molecule has 2 aliphatic rings. The van der Waals surface area contributed by atoms with Crippen LogP contribution in [0.5, 0.6) is 11.5 Å². The Morgan fingerprint density at radius 2 is 1.72 bits per heavy atom. The molecule has 154 valence electrons. The van der Waals surface area contributed by atoms with Crippen LogP contribution >= 0.6 is 11.8 Å². The number of fused-ring (bicyclic) bond motifs is 1. The number of nitrogens with zero attached hydrogens (tertiary/aromatic N) is 1. The van der Waals surface area contributed by atoms with Crippen molar-refractivity contribution >= 4 is 17.7 Å². The minimum absolute atomic E-state index is 0.0195. The van der Waals surface area contributed by atoms with Crippen LogP contribution in [0.3, 0.4) is 0 Å². The number of hydrogen-bond donors (Lipinski definition) is 1. The summed E-state index contributed by atoms with van der Waals surface area (Å²) >= 11 is 1.50. The fourth-order valence-corrected chi connectivity index (χ4v) is 4.15. The Labute approximate surface area is 175 Å². The molecule has 0 spiro atoms. The third-order valence-electron chi connectivity index (χ3n) is 4.98. The highest BCUT2D eigenvalue weighted by molar-refractivity contribution is 8.00. The summed E-state index contributed by atoms with van der Waals surface area (Å²) in [5.41, 5.74) is 2.42. The van der Waals surface area contributed by atoms with Crippen LogP contribution in [0.1, 0.15) is 11.1 Å². The number of amides is 1. The molecule has 4 rings (SSSR count). The summed E-state index contributed by atoms with van der Waals surface area (Å²) in [7, 11) is 0. The van der Waals surface area contributed by atoms with Crippen molar-refractivity contribution in [2.75, 3.05) is 45.3 Å². The van der Waals surface area contributed by atoms with Gasteiger partial charge in [0.15, 0.2) is 11.5 Å². The molecule has 1 fully saturated rings. The van der Waals surface area contributed by atoms with Gasteiger partial charge in [-0.3, -0.25) is 9.69 Å². The standard InChI is InChI=1S/C22H26N2O4S/c25-22(16-29-19-5-6-20-21(13-19)28-12-11-27-20)23-14-17-3-1-2-4-18(17)15-24-7-9-26-10-8-24/h1-6,13H,7-12,14-16H2,(H,23,25). The summed E-state index contributed by atoms with van der Waals surface area (Å²) in [6, 6.07) is 14.1. The van der Waals surface area contributed by atoms with Crippen LogP contribution < -0.4 is 14.8 Å². The van der Waals surface area contributed by atoms with Crippen molar-refractivity contribution < 1.29 is 19.0 Å². The fraction of sp³-hybridized carbons (Fsp3) is 0.409.